The zero-order chi connectivity index (χ0) is 20.5. The molecule has 8 nitrogen and oxygen atoms in total. The molecule has 2 atom stereocenters. The maximum atomic E-state index is 12.9. The molecule has 0 aromatic carbocycles. The Hall–Kier alpha value is -2.51. The van der Waals surface area contributed by atoms with E-state index in [-0.39, 0.29) is 29.6 Å². The van der Waals surface area contributed by atoms with E-state index in [1.807, 2.05) is 22.9 Å². The maximum absolute atomic E-state index is 12.9. The topological polar surface area (TPSA) is 86.7 Å². The van der Waals surface area contributed by atoms with Gasteiger partial charge in [0.15, 0.2) is 0 Å². The third-order valence-electron chi connectivity index (χ3n) is 6.44. The van der Waals surface area contributed by atoms with E-state index >= 15 is 0 Å². The number of nitrogens with zero attached hydrogens (tertiary/aromatic N) is 5. The van der Waals surface area contributed by atoms with Crippen molar-refractivity contribution in [1.29, 1.82) is 0 Å². The van der Waals surface area contributed by atoms with Crippen molar-refractivity contribution in [2.75, 3.05) is 32.7 Å². The van der Waals surface area contributed by atoms with Crippen LogP contribution in [0.1, 0.15) is 56.1 Å². The lowest BCUT2D eigenvalue weighted by atomic mass is 9.96. The van der Waals surface area contributed by atoms with Gasteiger partial charge in [0.1, 0.15) is 5.82 Å². The molecule has 0 radical (unpaired) electrons. The van der Waals surface area contributed by atoms with E-state index in [9.17, 15) is 14.4 Å². The lowest BCUT2D eigenvalue weighted by Crippen LogP contribution is -2.41. The number of hydrogen-bond donors (Lipinski definition) is 0. The van der Waals surface area contributed by atoms with Gasteiger partial charge in [0, 0.05) is 76.7 Å². The van der Waals surface area contributed by atoms with Crippen LogP contribution in [0.2, 0.25) is 0 Å². The summed E-state index contributed by atoms with van der Waals surface area (Å²) in [7, 11) is 0. The summed E-state index contributed by atoms with van der Waals surface area (Å²) < 4.78 is 0. The molecule has 0 N–H and O–H groups in total. The van der Waals surface area contributed by atoms with Crippen LogP contribution in [-0.2, 0) is 27.3 Å². The first-order valence-electron chi connectivity index (χ1n) is 10.6. The Kier molecular flexibility index (Phi) is 5.52. The van der Waals surface area contributed by atoms with Crippen LogP contribution in [0.5, 0.6) is 0 Å². The Morgan fingerprint density at radius 3 is 2.76 bits per heavy atom. The van der Waals surface area contributed by atoms with Crippen molar-refractivity contribution in [3.05, 3.63) is 23.3 Å². The molecular weight excluding hydrogens is 370 g/mol. The fourth-order valence-electron chi connectivity index (χ4n) is 4.69. The molecule has 3 aliphatic heterocycles. The first-order valence-corrected chi connectivity index (χ1v) is 10.6. The molecule has 4 heterocycles. The highest BCUT2D eigenvalue weighted by Crippen LogP contribution is 2.27. The number of rotatable bonds is 3. The highest BCUT2D eigenvalue weighted by Gasteiger charge is 2.37. The summed E-state index contributed by atoms with van der Waals surface area (Å²) in [5.41, 5.74) is 2.00. The maximum Gasteiger partial charge on any atom is 0.228 e. The standard InChI is InChI=1S/C21H29N5O3/c1-3-24-12-16(9-19(24)28)21(29)26-8-6-18-17(13-26)10-22-20(23-18)15-5-4-7-25(11-15)14(2)27/h10,15-16H,3-9,11-13H2,1-2H3/t15-,16+/m1/s1. The quantitative estimate of drug-likeness (QED) is 0.756. The Bertz CT molecular complexity index is 827. The summed E-state index contributed by atoms with van der Waals surface area (Å²) in [6.45, 7) is 7.37. The largest absolute Gasteiger partial charge is 0.342 e. The van der Waals surface area contributed by atoms with Gasteiger partial charge in [-0.25, -0.2) is 9.97 Å². The molecule has 8 heteroatoms. The average molecular weight is 399 g/mol. The molecule has 4 rings (SSSR count). The summed E-state index contributed by atoms with van der Waals surface area (Å²) in [6, 6.07) is 0. The van der Waals surface area contributed by atoms with Crippen LogP contribution in [0.15, 0.2) is 6.20 Å². The minimum absolute atomic E-state index is 0.0633. The summed E-state index contributed by atoms with van der Waals surface area (Å²) in [5.74, 6) is 1.01. The molecule has 2 fully saturated rings. The Morgan fingerprint density at radius 1 is 1.21 bits per heavy atom. The van der Waals surface area contributed by atoms with Gasteiger partial charge in [0.05, 0.1) is 11.6 Å². The van der Waals surface area contributed by atoms with Crippen molar-refractivity contribution in [2.45, 2.75) is 52.0 Å². The second-order valence-electron chi connectivity index (χ2n) is 8.35. The molecule has 1 aromatic rings. The molecule has 0 unspecified atom stereocenters. The highest BCUT2D eigenvalue weighted by atomic mass is 16.2. The Morgan fingerprint density at radius 2 is 2.03 bits per heavy atom. The molecule has 0 spiro atoms. The van der Waals surface area contributed by atoms with Crippen LogP contribution >= 0.6 is 0 Å². The monoisotopic (exact) mass is 399 g/mol. The first-order chi connectivity index (χ1) is 14.0. The highest BCUT2D eigenvalue weighted by molar-refractivity contribution is 5.89. The molecule has 3 amide bonds. The molecule has 29 heavy (non-hydrogen) atoms. The smallest absolute Gasteiger partial charge is 0.228 e. The summed E-state index contributed by atoms with van der Waals surface area (Å²) in [6.07, 6.45) is 4.85. The predicted octanol–water partition coefficient (Wildman–Crippen LogP) is 0.956. The van der Waals surface area contributed by atoms with Crippen LogP contribution in [-0.4, -0.2) is 75.1 Å². The lowest BCUT2D eigenvalue weighted by Gasteiger charge is -2.33. The van der Waals surface area contributed by atoms with Gasteiger partial charge in [0.2, 0.25) is 17.7 Å². The van der Waals surface area contributed by atoms with E-state index in [1.54, 1.807) is 11.8 Å². The number of likely N-dealkylation sites (tertiary alicyclic amines) is 2. The molecule has 1 aromatic heterocycles. The van der Waals surface area contributed by atoms with Crippen LogP contribution in [0, 0.1) is 5.92 Å². The summed E-state index contributed by atoms with van der Waals surface area (Å²) in [5, 5.41) is 0. The van der Waals surface area contributed by atoms with Gasteiger partial charge in [-0.05, 0) is 19.8 Å². The van der Waals surface area contributed by atoms with Gasteiger partial charge >= 0.3 is 0 Å². The minimum Gasteiger partial charge on any atom is -0.342 e. The molecule has 0 saturated carbocycles. The zero-order valence-corrected chi connectivity index (χ0v) is 17.3. The first kappa shape index (κ1) is 19.8. The van der Waals surface area contributed by atoms with Gasteiger partial charge in [-0.1, -0.05) is 0 Å². The second kappa shape index (κ2) is 8.08. The van der Waals surface area contributed by atoms with E-state index in [0.717, 1.165) is 36.5 Å². The van der Waals surface area contributed by atoms with Gasteiger partial charge < -0.3 is 14.7 Å². The fraction of sp³-hybridized carbons (Fsp3) is 0.667. The van der Waals surface area contributed by atoms with Crippen LogP contribution in [0.25, 0.3) is 0 Å². The number of amides is 3. The van der Waals surface area contributed by atoms with Crippen molar-refractivity contribution in [1.82, 2.24) is 24.7 Å². The van der Waals surface area contributed by atoms with Crippen LogP contribution in [0.4, 0.5) is 0 Å². The summed E-state index contributed by atoms with van der Waals surface area (Å²) >= 11 is 0. The minimum atomic E-state index is -0.232. The summed E-state index contributed by atoms with van der Waals surface area (Å²) in [4.78, 5) is 51.4. The van der Waals surface area contributed by atoms with E-state index in [0.29, 0.717) is 45.6 Å². The van der Waals surface area contributed by atoms with E-state index in [4.69, 9.17) is 4.98 Å². The second-order valence-corrected chi connectivity index (χ2v) is 8.35. The number of fused-ring (bicyclic) bond motifs is 1. The zero-order valence-electron chi connectivity index (χ0n) is 17.3. The number of carbonyl (C=O) groups excluding carboxylic acids is 3. The van der Waals surface area contributed by atoms with E-state index in [1.165, 1.54) is 0 Å². The number of hydrogen-bond acceptors (Lipinski definition) is 5. The van der Waals surface area contributed by atoms with E-state index in [2.05, 4.69) is 4.98 Å². The molecule has 156 valence electrons. The molecule has 3 aliphatic rings. The van der Waals surface area contributed by atoms with Crippen molar-refractivity contribution in [3.63, 3.8) is 0 Å². The Balaban J connectivity index is 1.42. The normalized spacial score (nSPS) is 24.6. The van der Waals surface area contributed by atoms with Crippen molar-refractivity contribution in [3.8, 4) is 0 Å². The fourth-order valence-corrected chi connectivity index (χ4v) is 4.69. The SMILES string of the molecule is CCN1C[C@@H](C(=O)N2CCc3nc([C@@H]4CCCN(C(C)=O)C4)ncc3C2)CC1=O. The molecule has 0 aliphatic carbocycles. The van der Waals surface area contributed by atoms with Crippen molar-refractivity contribution >= 4 is 17.7 Å². The Labute approximate surface area is 171 Å². The average Bonchev–Trinajstić information content (AvgIpc) is 3.13. The van der Waals surface area contributed by atoms with Crippen LogP contribution < -0.4 is 0 Å². The molecule has 0 bridgehead atoms. The van der Waals surface area contributed by atoms with E-state index < -0.39 is 0 Å². The van der Waals surface area contributed by atoms with Gasteiger partial charge in [-0.3, -0.25) is 14.4 Å². The van der Waals surface area contributed by atoms with Crippen molar-refractivity contribution < 1.29 is 14.4 Å². The lowest BCUT2D eigenvalue weighted by molar-refractivity contribution is -0.136. The third kappa shape index (κ3) is 3.97. The predicted molar refractivity (Wildman–Crippen MR) is 106 cm³/mol. The number of piperidine rings is 1. The number of aromatic nitrogens is 2. The van der Waals surface area contributed by atoms with Gasteiger partial charge in [0.25, 0.3) is 0 Å². The van der Waals surface area contributed by atoms with Crippen LogP contribution in [0.3, 0.4) is 0 Å². The number of carbonyl (C=O) groups is 3. The van der Waals surface area contributed by atoms with Gasteiger partial charge in [-0.2, -0.15) is 0 Å². The molecular formula is C21H29N5O3. The van der Waals surface area contributed by atoms with Gasteiger partial charge in [-0.15, -0.1) is 0 Å². The third-order valence-corrected chi connectivity index (χ3v) is 6.44. The molecule has 2 saturated heterocycles. The van der Waals surface area contributed by atoms with Crippen molar-refractivity contribution in [2.24, 2.45) is 5.92 Å².